The second-order valence-electron chi connectivity index (χ2n) is 8.43. The first-order valence-electron chi connectivity index (χ1n) is 11.3. The SMILES string of the molecule is C=C(C)Cc1cc(C(C(=O)c2cccc(Cl)c2C)c2cccc(Cl)c2C)c(C)cc1C.C=O.C=O.C=O. The van der Waals surface area contributed by atoms with Crippen LogP contribution in [0.2, 0.25) is 10.0 Å². The van der Waals surface area contributed by atoms with Crippen molar-refractivity contribution in [3.8, 4) is 0 Å². The van der Waals surface area contributed by atoms with Crippen molar-refractivity contribution in [1.29, 1.82) is 0 Å². The molecule has 0 amide bonds. The lowest BCUT2D eigenvalue weighted by molar-refractivity contribution is -0.0987. The molecule has 196 valence electrons. The van der Waals surface area contributed by atoms with Crippen molar-refractivity contribution >= 4 is 49.4 Å². The summed E-state index contributed by atoms with van der Waals surface area (Å²) in [5, 5.41) is 1.25. The first kappa shape index (κ1) is 33.7. The molecule has 0 saturated carbocycles. The van der Waals surface area contributed by atoms with E-state index in [9.17, 15) is 4.79 Å². The third-order valence-electron chi connectivity index (χ3n) is 5.94. The van der Waals surface area contributed by atoms with Gasteiger partial charge in [-0.3, -0.25) is 4.79 Å². The molecule has 3 aromatic carbocycles. The zero-order chi connectivity index (χ0) is 28.9. The molecule has 0 aromatic heterocycles. The van der Waals surface area contributed by atoms with Gasteiger partial charge in [-0.1, -0.05) is 71.8 Å². The van der Waals surface area contributed by atoms with E-state index in [0.717, 1.165) is 39.8 Å². The van der Waals surface area contributed by atoms with Crippen LogP contribution in [0, 0.1) is 27.7 Å². The van der Waals surface area contributed by atoms with Gasteiger partial charge in [-0.15, -0.1) is 0 Å². The molecule has 0 aliphatic carbocycles. The molecule has 4 nitrogen and oxygen atoms in total. The van der Waals surface area contributed by atoms with Crippen LogP contribution < -0.4 is 0 Å². The predicted octanol–water partition coefficient (Wildman–Crippen LogP) is 7.81. The summed E-state index contributed by atoms with van der Waals surface area (Å²) in [5.74, 6) is -0.445. The van der Waals surface area contributed by atoms with Gasteiger partial charge in [-0.05, 0) is 92.1 Å². The number of Topliss-reactive ketones (excluding diaryl/α,β-unsaturated/α-hetero) is 1. The summed E-state index contributed by atoms with van der Waals surface area (Å²) in [6, 6.07) is 15.6. The average molecular weight is 542 g/mol. The summed E-state index contributed by atoms with van der Waals surface area (Å²) < 4.78 is 0. The van der Waals surface area contributed by atoms with Crippen LogP contribution in [-0.4, -0.2) is 26.2 Å². The fourth-order valence-corrected chi connectivity index (χ4v) is 4.52. The van der Waals surface area contributed by atoms with Crippen LogP contribution in [0.25, 0.3) is 0 Å². The first-order chi connectivity index (χ1) is 17.6. The van der Waals surface area contributed by atoms with E-state index in [4.69, 9.17) is 37.6 Å². The van der Waals surface area contributed by atoms with Gasteiger partial charge in [0, 0.05) is 15.6 Å². The molecule has 1 atom stereocenters. The minimum absolute atomic E-state index is 0.0265. The molecule has 3 aromatic rings. The van der Waals surface area contributed by atoms with Crippen molar-refractivity contribution < 1.29 is 19.2 Å². The number of hydrogen-bond donors (Lipinski definition) is 0. The van der Waals surface area contributed by atoms with Crippen molar-refractivity contribution in [1.82, 2.24) is 0 Å². The number of carbonyl (C=O) groups excluding carboxylic acids is 4. The van der Waals surface area contributed by atoms with E-state index in [0.29, 0.717) is 15.6 Å². The van der Waals surface area contributed by atoms with Gasteiger partial charge in [0.15, 0.2) is 5.78 Å². The maximum absolute atomic E-state index is 14.0. The van der Waals surface area contributed by atoms with E-state index < -0.39 is 5.92 Å². The maximum atomic E-state index is 14.0. The van der Waals surface area contributed by atoms with Gasteiger partial charge in [-0.2, -0.15) is 0 Å². The number of allylic oxidation sites excluding steroid dienone is 1. The van der Waals surface area contributed by atoms with Crippen LogP contribution >= 0.6 is 23.2 Å². The highest BCUT2D eigenvalue weighted by molar-refractivity contribution is 6.32. The number of carbonyl (C=O) groups is 4. The molecule has 0 radical (unpaired) electrons. The topological polar surface area (TPSA) is 68.3 Å². The highest BCUT2D eigenvalue weighted by atomic mass is 35.5. The average Bonchev–Trinajstić information content (AvgIpc) is 2.89. The molecule has 0 spiro atoms. The number of ketones is 1. The molecule has 0 fully saturated rings. The molecule has 0 aliphatic heterocycles. The molecule has 1 unspecified atom stereocenters. The van der Waals surface area contributed by atoms with Gasteiger partial charge in [-0.25, -0.2) is 0 Å². The minimum atomic E-state index is -0.472. The van der Waals surface area contributed by atoms with E-state index in [1.165, 1.54) is 11.1 Å². The summed E-state index contributed by atoms with van der Waals surface area (Å²) in [7, 11) is 0. The van der Waals surface area contributed by atoms with Gasteiger partial charge in [0.1, 0.15) is 20.4 Å². The summed E-state index contributed by atoms with van der Waals surface area (Å²) in [4.78, 5) is 38.0. The Kier molecular flexibility index (Phi) is 14.9. The van der Waals surface area contributed by atoms with Gasteiger partial charge in [0.2, 0.25) is 0 Å². The summed E-state index contributed by atoms with van der Waals surface area (Å²) in [6.45, 7) is 20.1. The Balaban J connectivity index is 0.00000201. The predicted molar refractivity (Wildman–Crippen MR) is 154 cm³/mol. The molecule has 37 heavy (non-hydrogen) atoms. The van der Waals surface area contributed by atoms with E-state index in [1.807, 2.05) is 77.5 Å². The monoisotopic (exact) mass is 540 g/mol. The number of benzene rings is 3. The molecule has 6 heteroatoms. The Bertz CT molecular complexity index is 1230. The van der Waals surface area contributed by atoms with Crippen LogP contribution in [0.3, 0.4) is 0 Å². The lowest BCUT2D eigenvalue weighted by Gasteiger charge is -2.24. The van der Waals surface area contributed by atoms with Crippen molar-refractivity contribution in [2.24, 2.45) is 0 Å². The highest BCUT2D eigenvalue weighted by Gasteiger charge is 2.29. The first-order valence-corrected chi connectivity index (χ1v) is 12.0. The molecular weight excluding hydrogens is 507 g/mol. The minimum Gasteiger partial charge on any atom is -0.307 e. The standard InChI is InChI=1S/C28H28Cl2O.3CH2O/c1-16(2)13-21-15-24(18(4)14-17(21)3)27(22-9-7-11-25(29)19(22)5)28(31)23-10-8-12-26(30)20(23)6;3*1-2/h7-12,14-15,27H,1,13H2,2-6H3;3*1H2. The molecule has 0 aliphatic rings. The Labute approximate surface area is 230 Å². The van der Waals surface area contributed by atoms with Crippen molar-refractivity contribution in [2.45, 2.75) is 47.0 Å². The van der Waals surface area contributed by atoms with Crippen LogP contribution in [-0.2, 0) is 20.8 Å². The van der Waals surface area contributed by atoms with Crippen LogP contribution in [0.4, 0.5) is 0 Å². The smallest absolute Gasteiger partial charge is 0.175 e. The highest BCUT2D eigenvalue weighted by Crippen LogP contribution is 2.37. The normalized spacial score (nSPS) is 10.4. The van der Waals surface area contributed by atoms with E-state index >= 15 is 0 Å². The maximum Gasteiger partial charge on any atom is 0.175 e. The second kappa shape index (κ2) is 16.4. The molecular formula is C31H34Cl2O4. The Hall–Kier alpha value is -3.34. The van der Waals surface area contributed by atoms with Crippen molar-refractivity contribution in [3.05, 3.63) is 115 Å². The number of halogens is 2. The Morgan fingerprint density at radius 1 is 0.757 bits per heavy atom. The largest absolute Gasteiger partial charge is 0.307 e. The van der Waals surface area contributed by atoms with Crippen LogP contribution in [0.1, 0.15) is 62.1 Å². The number of rotatable bonds is 6. The summed E-state index contributed by atoms with van der Waals surface area (Å²) in [5.41, 5.74) is 8.84. The van der Waals surface area contributed by atoms with Crippen LogP contribution in [0.15, 0.2) is 60.7 Å². The second-order valence-corrected chi connectivity index (χ2v) is 9.25. The zero-order valence-corrected chi connectivity index (χ0v) is 23.6. The number of aryl methyl sites for hydroxylation is 2. The van der Waals surface area contributed by atoms with Crippen LogP contribution in [0.5, 0.6) is 0 Å². The third-order valence-corrected chi connectivity index (χ3v) is 6.76. The van der Waals surface area contributed by atoms with Gasteiger partial charge in [0.25, 0.3) is 0 Å². The van der Waals surface area contributed by atoms with E-state index in [1.54, 1.807) is 0 Å². The van der Waals surface area contributed by atoms with Gasteiger partial charge >= 0.3 is 0 Å². The molecule has 0 bridgehead atoms. The lowest BCUT2D eigenvalue weighted by Crippen LogP contribution is -2.18. The Morgan fingerprint density at radius 2 is 1.27 bits per heavy atom. The molecule has 0 N–H and O–H groups in total. The fraction of sp³-hybridized carbons (Fsp3) is 0.226. The van der Waals surface area contributed by atoms with Crippen molar-refractivity contribution in [3.63, 3.8) is 0 Å². The summed E-state index contributed by atoms with van der Waals surface area (Å²) in [6.07, 6.45) is 0.782. The zero-order valence-electron chi connectivity index (χ0n) is 22.1. The quantitative estimate of drug-likeness (QED) is 0.236. The molecule has 3 rings (SSSR count). The summed E-state index contributed by atoms with van der Waals surface area (Å²) >= 11 is 12.8. The molecule has 0 saturated heterocycles. The molecule has 0 heterocycles. The van der Waals surface area contributed by atoms with E-state index in [2.05, 4.69) is 32.6 Å². The fourth-order valence-electron chi connectivity index (χ4n) is 4.16. The third kappa shape index (κ3) is 8.34. The lowest BCUT2D eigenvalue weighted by atomic mass is 9.79. The Morgan fingerprint density at radius 3 is 1.81 bits per heavy atom. The van der Waals surface area contributed by atoms with Gasteiger partial charge in [0.05, 0.1) is 5.92 Å². The van der Waals surface area contributed by atoms with Crippen molar-refractivity contribution in [2.75, 3.05) is 0 Å². The van der Waals surface area contributed by atoms with E-state index in [-0.39, 0.29) is 5.78 Å². The number of hydrogen-bond acceptors (Lipinski definition) is 4. The van der Waals surface area contributed by atoms with Gasteiger partial charge < -0.3 is 14.4 Å².